The molecule has 0 saturated heterocycles. The smallest absolute Gasteiger partial charge is 0.0656 e. The number of hydrogen-bond acceptors (Lipinski definition) is 0. The molecule has 1 rings (SSSR count). The average Bonchev–Trinajstić information content (AvgIpc) is 1.92. The van der Waals surface area contributed by atoms with Crippen molar-refractivity contribution >= 4 is 28.7 Å². The minimum Gasteiger partial charge on any atom is -0.0656 e. The van der Waals surface area contributed by atoms with Crippen molar-refractivity contribution in [3.63, 3.8) is 0 Å². The first kappa shape index (κ1) is 9.74. The topological polar surface area (TPSA) is 0 Å². The van der Waals surface area contributed by atoms with Crippen LogP contribution in [0, 0.1) is 6.92 Å². The molecule has 63 valence electrons. The van der Waals surface area contributed by atoms with Gasteiger partial charge in [0.05, 0.1) is 18.3 Å². The van der Waals surface area contributed by atoms with Crippen molar-refractivity contribution in [2.24, 2.45) is 0 Å². The molecule has 0 bridgehead atoms. The first-order chi connectivity index (χ1) is 5.43. The molecule has 0 atom stereocenters. The van der Waals surface area contributed by atoms with Crippen LogP contribution in [0.15, 0.2) is 18.2 Å². The van der Waals surface area contributed by atoms with Gasteiger partial charge in [0.25, 0.3) is 0 Å². The van der Waals surface area contributed by atoms with E-state index < -0.39 is 8.07 Å². The molecule has 0 saturated carbocycles. The summed E-state index contributed by atoms with van der Waals surface area (Å²) in [6, 6.07) is 6.53. The van der Waals surface area contributed by atoms with Gasteiger partial charge < -0.3 is 0 Å². The van der Waals surface area contributed by atoms with Crippen LogP contribution < -0.4 is 10.4 Å². The molecular weight excluding hydrogens is 176 g/mol. The number of benzene rings is 1. The van der Waals surface area contributed by atoms with Crippen molar-refractivity contribution in [2.45, 2.75) is 26.6 Å². The summed E-state index contributed by atoms with van der Waals surface area (Å²) in [5.74, 6) is 0. The fourth-order valence-corrected chi connectivity index (χ4v) is 4.13. The van der Waals surface area contributed by atoms with Gasteiger partial charge in [-0.05, 0) is 6.92 Å². The molecule has 12 heavy (non-hydrogen) atoms. The summed E-state index contributed by atoms with van der Waals surface area (Å²) < 4.78 is 0. The van der Waals surface area contributed by atoms with Crippen LogP contribution in [0.2, 0.25) is 19.6 Å². The van der Waals surface area contributed by atoms with E-state index in [9.17, 15) is 0 Å². The Morgan fingerprint density at radius 1 is 1.17 bits per heavy atom. The first-order valence-electron chi connectivity index (χ1n) is 4.24. The molecule has 0 N–H and O–H groups in total. The van der Waals surface area contributed by atoms with Crippen molar-refractivity contribution in [2.75, 3.05) is 0 Å². The Morgan fingerprint density at radius 2 is 1.75 bits per heavy atom. The minimum atomic E-state index is -1.16. The molecule has 0 spiro atoms. The third-order valence-electron chi connectivity index (χ3n) is 2.08. The molecule has 1 aromatic rings. The lowest BCUT2D eigenvalue weighted by molar-refractivity contribution is 1.52. The quantitative estimate of drug-likeness (QED) is 0.588. The van der Waals surface area contributed by atoms with Crippen LogP contribution in [0.4, 0.5) is 0 Å². The molecule has 0 unspecified atom stereocenters. The second-order valence-corrected chi connectivity index (χ2v) is 9.79. The van der Waals surface area contributed by atoms with Crippen molar-refractivity contribution in [3.8, 4) is 0 Å². The third-order valence-corrected chi connectivity index (χ3v) is 5.03. The lowest BCUT2D eigenvalue weighted by atomic mass is 10.2. The molecule has 0 amide bonds. The van der Waals surface area contributed by atoms with Crippen molar-refractivity contribution in [3.05, 3.63) is 23.8 Å². The molecule has 0 fully saturated rings. The average molecular weight is 191 g/mol. The van der Waals surface area contributed by atoms with Gasteiger partial charge in [-0.1, -0.05) is 53.8 Å². The fourth-order valence-electron chi connectivity index (χ4n) is 1.29. The molecule has 0 aromatic heterocycles. The van der Waals surface area contributed by atoms with Gasteiger partial charge in [0, 0.05) is 0 Å². The predicted octanol–water partition coefficient (Wildman–Crippen LogP) is 1.33. The van der Waals surface area contributed by atoms with Gasteiger partial charge in [-0.2, -0.15) is 0 Å². The van der Waals surface area contributed by atoms with Crippen LogP contribution in [0.5, 0.6) is 0 Å². The van der Waals surface area contributed by atoms with Gasteiger partial charge in [-0.15, -0.1) is 0 Å². The Labute approximate surface area is 79.4 Å². The predicted molar refractivity (Wildman–Crippen MR) is 59.5 cm³/mol. The van der Waals surface area contributed by atoms with Gasteiger partial charge in [0.15, 0.2) is 0 Å². The Hall–Kier alpha value is -0.346. The highest BCUT2D eigenvalue weighted by Crippen LogP contribution is 2.01. The Kier molecular flexibility index (Phi) is 2.59. The van der Waals surface area contributed by atoms with E-state index in [0.717, 1.165) is 0 Å². The van der Waals surface area contributed by atoms with E-state index in [0.29, 0.717) is 0 Å². The molecule has 1 aromatic carbocycles. The lowest BCUT2D eigenvalue weighted by Gasteiger charge is -2.20. The van der Waals surface area contributed by atoms with Gasteiger partial charge in [-0.25, -0.2) is 0 Å². The number of hydrogen-bond donors (Lipinski definition) is 0. The van der Waals surface area contributed by atoms with Crippen molar-refractivity contribution in [1.82, 2.24) is 0 Å². The summed E-state index contributed by atoms with van der Waals surface area (Å²) in [5.41, 5.74) is 1.34. The number of aryl methyl sites for hydroxylation is 1. The van der Waals surface area contributed by atoms with Gasteiger partial charge in [0.2, 0.25) is 0 Å². The summed E-state index contributed by atoms with van der Waals surface area (Å²) in [7, 11) is 2.55. The normalized spacial score (nSPS) is 11.8. The largest absolute Gasteiger partial charge is 0.0774 e. The van der Waals surface area contributed by atoms with Crippen LogP contribution in [0.1, 0.15) is 5.56 Å². The van der Waals surface area contributed by atoms with E-state index in [1.807, 2.05) is 0 Å². The summed E-state index contributed by atoms with van der Waals surface area (Å²) in [5, 5.41) is 2.82. The fraction of sp³-hybridized carbons (Fsp3) is 0.400. The van der Waals surface area contributed by atoms with Crippen LogP contribution in [0.3, 0.4) is 0 Å². The lowest BCUT2D eigenvalue weighted by Crippen LogP contribution is -2.47. The summed E-state index contributed by atoms with van der Waals surface area (Å²) in [4.78, 5) is 0. The molecule has 0 aliphatic rings. The molecule has 0 aliphatic heterocycles. The zero-order chi connectivity index (χ0) is 9.35. The highest BCUT2D eigenvalue weighted by Gasteiger charge is 2.18. The standard InChI is InChI=1S/C10H15Si2/c1-8-6-5-7-9(10(8)11)12(2,3)4/h5-7H,1-4H3. The molecular formula is C10H15Si2. The van der Waals surface area contributed by atoms with Crippen LogP contribution >= 0.6 is 0 Å². The van der Waals surface area contributed by atoms with E-state index in [1.54, 1.807) is 0 Å². The van der Waals surface area contributed by atoms with Crippen LogP contribution in [-0.2, 0) is 0 Å². The van der Waals surface area contributed by atoms with E-state index in [4.69, 9.17) is 0 Å². The molecule has 0 aliphatic carbocycles. The SMILES string of the molecule is Cc1cccc([Si](C)(C)C)c1[Si]. The zero-order valence-electron chi connectivity index (χ0n) is 8.23. The van der Waals surface area contributed by atoms with Gasteiger partial charge >= 0.3 is 0 Å². The van der Waals surface area contributed by atoms with Gasteiger partial charge in [0.1, 0.15) is 0 Å². The van der Waals surface area contributed by atoms with Gasteiger partial charge in [-0.3, -0.25) is 0 Å². The van der Waals surface area contributed by atoms with E-state index in [2.05, 4.69) is 55.0 Å². The number of rotatable bonds is 1. The Bertz CT molecular complexity index is 284. The second kappa shape index (κ2) is 3.19. The monoisotopic (exact) mass is 191 g/mol. The highest BCUT2D eigenvalue weighted by atomic mass is 28.3. The zero-order valence-corrected chi connectivity index (χ0v) is 10.2. The summed E-state index contributed by atoms with van der Waals surface area (Å²) in [6.45, 7) is 9.24. The van der Waals surface area contributed by atoms with E-state index in [1.165, 1.54) is 15.9 Å². The van der Waals surface area contributed by atoms with Crippen LogP contribution in [-0.4, -0.2) is 18.3 Å². The maximum atomic E-state index is 3.70. The summed E-state index contributed by atoms with van der Waals surface area (Å²) >= 11 is 0. The maximum absolute atomic E-state index is 3.70. The molecule has 0 nitrogen and oxygen atoms in total. The van der Waals surface area contributed by atoms with E-state index in [-0.39, 0.29) is 0 Å². The maximum Gasteiger partial charge on any atom is 0.0774 e. The van der Waals surface area contributed by atoms with Crippen LogP contribution in [0.25, 0.3) is 0 Å². The third kappa shape index (κ3) is 1.87. The second-order valence-electron chi connectivity index (χ2n) is 4.25. The van der Waals surface area contributed by atoms with Crippen molar-refractivity contribution in [1.29, 1.82) is 0 Å². The van der Waals surface area contributed by atoms with E-state index >= 15 is 0 Å². The summed E-state index contributed by atoms with van der Waals surface area (Å²) in [6.07, 6.45) is 0. The minimum absolute atomic E-state index is 1.16. The first-order valence-corrected chi connectivity index (χ1v) is 8.24. The molecule has 3 radical (unpaired) electrons. The molecule has 0 heterocycles. The highest BCUT2D eigenvalue weighted by molar-refractivity contribution is 6.91. The van der Waals surface area contributed by atoms with Crippen molar-refractivity contribution < 1.29 is 0 Å². The molecule has 2 heteroatoms. The Balaban J connectivity index is 3.26. The Morgan fingerprint density at radius 3 is 2.17 bits per heavy atom.